The van der Waals surface area contributed by atoms with Crippen LogP contribution in [0.2, 0.25) is 0 Å². The van der Waals surface area contributed by atoms with Gasteiger partial charge in [0.2, 0.25) is 11.6 Å². The third-order valence-corrected chi connectivity index (χ3v) is 2.29. The summed E-state index contributed by atoms with van der Waals surface area (Å²) in [5, 5.41) is 19.9. The SMILES string of the molecule is Cc1nnc2c(NCC(O)C(N)=O)nccn12. The van der Waals surface area contributed by atoms with E-state index in [0.717, 1.165) is 5.82 Å². The minimum absolute atomic E-state index is 0.0199. The second-order valence-electron chi connectivity index (χ2n) is 3.52. The van der Waals surface area contributed by atoms with Gasteiger partial charge in [0.15, 0.2) is 5.82 Å². The Bertz CT molecular complexity index is 551. The first-order valence-corrected chi connectivity index (χ1v) is 4.97. The van der Waals surface area contributed by atoms with Crippen molar-refractivity contribution in [1.29, 1.82) is 0 Å². The number of amides is 1. The average molecular weight is 236 g/mol. The molecule has 1 atom stereocenters. The molecule has 0 spiro atoms. The van der Waals surface area contributed by atoms with Crippen molar-refractivity contribution in [1.82, 2.24) is 19.6 Å². The number of aliphatic hydroxyl groups excluding tert-OH is 1. The van der Waals surface area contributed by atoms with Gasteiger partial charge < -0.3 is 16.2 Å². The second-order valence-corrected chi connectivity index (χ2v) is 3.52. The number of hydrogen-bond donors (Lipinski definition) is 3. The van der Waals surface area contributed by atoms with Gasteiger partial charge in [-0.3, -0.25) is 9.20 Å². The van der Waals surface area contributed by atoms with Crippen LogP contribution < -0.4 is 11.1 Å². The number of carbonyl (C=O) groups excluding carboxylic acids is 1. The molecule has 1 unspecified atom stereocenters. The van der Waals surface area contributed by atoms with Crippen molar-refractivity contribution < 1.29 is 9.90 Å². The van der Waals surface area contributed by atoms with Crippen molar-refractivity contribution in [3.8, 4) is 0 Å². The van der Waals surface area contributed by atoms with Crippen LogP contribution >= 0.6 is 0 Å². The largest absolute Gasteiger partial charge is 0.381 e. The van der Waals surface area contributed by atoms with E-state index >= 15 is 0 Å². The number of aromatic nitrogens is 4. The number of carbonyl (C=O) groups is 1. The highest BCUT2D eigenvalue weighted by molar-refractivity contribution is 5.79. The van der Waals surface area contributed by atoms with Crippen LogP contribution in [0.15, 0.2) is 12.4 Å². The maximum Gasteiger partial charge on any atom is 0.248 e. The predicted octanol–water partition coefficient (Wildman–Crippen LogP) is -1.31. The van der Waals surface area contributed by atoms with E-state index in [1.165, 1.54) is 0 Å². The Morgan fingerprint density at radius 1 is 1.65 bits per heavy atom. The van der Waals surface area contributed by atoms with Gasteiger partial charge >= 0.3 is 0 Å². The molecule has 0 aromatic carbocycles. The summed E-state index contributed by atoms with van der Waals surface area (Å²) in [5.74, 6) is 0.372. The summed E-state index contributed by atoms with van der Waals surface area (Å²) >= 11 is 0. The number of aliphatic hydroxyl groups is 1. The van der Waals surface area contributed by atoms with Crippen LogP contribution in [-0.4, -0.2) is 43.2 Å². The second kappa shape index (κ2) is 4.34. The van der Waals surface area contributed by atoms with Gasteiger partial charge in [0, 0.05) is 12.4 Å². The number of primary amides is 1. The lowest BCUT2D eigenvalue weighted by molar-refractivity contribution is -0.125. The Kier molecular flexibility index (Phi) is 2.88. The molecule has 1 amide bonds. The predicted molar refractivity (Wildman–Crippen MR) is 59.2 cm³/mol. The number of nitrogens with two attached hydrogens (primary N) is 1. The molecule has 2 aromatic heterocycles. The molecule has 2 aromatic rings. The van der Waals surface area contributed by atoms with Gasteiger partial charge in [-0.25, -0.2) is 4.98 Å². The highest BCUT2D eigenvalue weighted by Crippen LogP contribution is 2.11. The number of nitrogens with one attached hydrogen (secondary N) is 1. The van der Waals surface area contributed by atoms with Crippen molar-refractivity contribution in [3.05, 3.63) is 18.2 Å². The van der Waals surface area contributed by atoms with Gasteiger partial charge in [-0.15, -0.1) is 10.2 Å². The lowest BCUT2D eigenvalue weighted by Crippen LogP contribution is -2.34. The molecule has 90 valence electrons. The zero-order valence-electron chi connectivity index (χ0n) is 9.16. The maximum absolute atomic E-state index is 10.7. The summed E-state index contributed by atoms with van der Waals surface area (Å²) in [5.41, 5.74) is 5.46. The number of hydrogen-bond acceptors (Lipinski definition) is 6. The molecular weight excluding hydrogens is 224 g/mol. The summed E-state index contributed by atoms with van der Waals surface area (Å²) in [6, 6.07) is 0. The quantitative estimate of drug-likeness (QED) is 0.606. The normalized spacial score (nSPS) is 12.6. The molecule has 8 nitrogen and oxygen atoms in total. The summed E-state index contributed by atoms with van der Waals surface area (Å²) in [6.07, 6.45) is 2.03. The van der Waals surface area contributed by atoms with E-state index in [0.29, 0.717) is 11.5 Å². The van der Waals surface area contributed by atoms with Crippen molar-refractivity contribution in [2.75, 3.05) is 11.9 Å². The monoisotopic (exact) mass is 236 g/mol. The van der Waals surface area contributed by atoms with Gasteiger partial charge in [0.05, 0.1) is 6.54 Å². The molecule has 0 radical (unpaired) electrons. The molecule has 0 aliphatic heterocycles. The Balaban J connectivity index is 2.21. The van der Waals surface area contributed by atoms with E-state index in [9.17, 15) is 9.90 Å². The lowest BCUT2D eigenvalue weighted by atomic mass is 10.3. The summed E-state index contributed by atoms with van der Waals surface area (Å²) in [6.45, 7) is 1.79. The van der Waals surface area contributed by atoms with E-state index in [-0.39, 0.29) is 6.54 Å². The minimum atomic E-state index is -1.26. The van der Waals surface area contributed by atoms with Crippen LogP contribution in [0.25, 0.3) is 5.65 Å². The van der Waals surface area contributed by atoms with Gasteiger partial charge in [0.1, 0.15) is 11.9 Å². The molecule has 0 saturated carbocycles. The third kappa shape index (κ3) is 2.16. The fourth-order valence-electron chi connectivity index (χ4n) is 1.36. The molecule has 0 fully saturated rings. The summed E-state index contributed by atoms with van der Waals surface area (Å²) in [4.78, 5) is 14.7. The van der Waals surface area contributed by atoms with Crippen molar-refractivity contribution in [2.45, 2.75) is 13.0 Å². The van der Waals surface area contributed by atoms with E-state index in [2.05, 4.69) is 20.5 Å². The van der Waals surface area contributed by atoms with Crippen molar-refractivity contribution in [3.63, 3.8) is 0 Å². The Morgan fingerprint density at radius 2 is 2.41 bits per heavy atom. The first-order chi connectivity index (χ1) is 8.09. The van der Waals surface area contributed by atoms with Crippen molar-refractivity contribution in [2.24, 2.45) is 5.73 Å². The molecule has 0 saturated heterocycles. The smallest absolute Gasteiger partial charge is 0.248 e. The third-order valence-electron chi connectivity index (χ3n) is 2.29. The molecule has 4 N–H and O–H groups in total. The summed E-state index contributed by atoms with van der Waals surface area (Å²) in [7, 11) is 0. The minimum Gasteiger partial charge on any atom is -0.381 e. The number of fused-ring (bicyclic) bond motifs is 1. The zero-order valence-corrected chi connectivity index (χ0v) is 9.16. The fourth-order valence-corrected chi connectivity index (χ4v) is 1.36. The Labute approximate surface area is 96.5 Å². The van der Waals surface area contributed by atoms with E-state index in [4.69, 9.17) is 5.73 Å². The number of nitrogens with zero attached hydrogens (tertiary/aromatic N) is 4. The molecule has 2 rings (SSSR count). The van der Waals surface area contributed by atoms with Crippen LogP contribution in [0.1, 0.15) is 5.82 Å². The van der Waals surface area contributed by atoms with Gasteiger partial charge in [-0.2, -0.15) is 0 Å². The van der Waals surface area contributed by atoms with Crippen LogP contribution in [-0.2, 0) is 4.79 Å². The van der Waals surface area contributed by atoms with Gasteiger partial charge in [-0.05, 0) is 6.92 Å². The van der Waals surface area contributed by atoms with Crippen molar-refractivity contribution >= 4 is 17.4 Å². The number of rotatable bonds is 4. The lowest BCUT2D eigenvalue weighted by Gasteiger charge is -2.09. The Hall–Kier alpha value is -2.22. The standard InChI is InChI=1S/C9H12N6O2/c1-5-13-14-9-8(11-2-3-15(5)9)12-4-6(16)7(10)17/h2-3,6,16H,4H2,1H3,(H2,10,17)(H,11,12). The zero-order chi connectivity index (χ0) is 12.4. The average Bonchev–Trinajstić information content (AvgIpc) is 2.69. The fraction of sp³-hybridized carbons (Fsp3) is 0.333. The number of aryl methyl sites for hydroxylation is 1. The van der Waals surface area contributed by atoms with E-state index in [1.807, 2.05) is 6.92 Å². The molecule has 0 bridgehead atoms. The highest BCUT2D eigenvalue weighted by atomic mass is 16.3. The van der Waals surface area contributed by atoms with E-state index in [1.54, 1.807) is 16.8 Å². The molecule has 0 aliphatic carbocycles. The van der Waals surface area contributed by atoms with Crippen LogP contribution in [0.4, 0.5) is 5.82 Å². The molecule has 2 heterocycles. The first-order valence-electron chi connectivity index (χ1n) is 4.97. The molecular formula is C9H12N6O2. The van der Waals surface area contributed by atoms with Crippen LogP contribution in [0.3, 0.4) is 0 Å². The Morgan fingerprint density at radius 3 is 3.12 bits per heavy atom. The molecule has 0 aliphatic rings. The maximum atomic E-state index is 10.7. The first kappa shape index (κ1) is 11.3. The van der Waals surface area contributed by atoms with Crippen LogP contribution in [0, 0.1) is 6.92 Å². The van der Waals surface area contributed by atoms with Gasteiger partial charge in [0.25, 0.3) is 0 Å². The van der Waals surface area contributed by atoms with Gasteiger partial charge in [-0.1, -0.05) is 0 Å². The topological polar surface area (TPSA) is 118 Å². The highest BCUT2D eigenvalue weighted by Gasteiger charge is 2.12. The summed E-state index contributed by atoms with van der Waals surface area (Å²) < 4.78 is 1.74. The molecule has 17 heavy (non-hydrogen) atoms. The molecule has 8 heteroatoms. The number of anilines is 1. The van der Waals surface area contributed by atoms with E-state index < -0.39 is 12.0 Å². The van der Waals surface area contributed by atoms with Crippen LogP contribution in [0.5, 0.6) is 0 Å².